The van der Waals surface area contributed by atoms with Gasteiger partial charge in [-0.15, -0.1) is 11.3 Å². The molecule has 0 aliphatic heterocycles. The van der Waals surface area contributed by atoms with Crippen molar-refractivity contribution >= 4 is 61.7 Å². The Morgan fingerprint density at radius 1 is 1.30 bits per heavy atom. The van der Waals surface area contributed by atoms with Crippen LogP contribution in [-0.4, -0.2) is 49.6 Å². The number of rotatable bonds is 7. The Balaban J connectivity index is 1.56. The molecule has 1 aliphatic rings. The maximum absolute atomic E-state index is 12.9. The molecule has 0 radical (unpaired) electrons. The molecule has 1 aliphatic carbocycles. The number of amides is 1. The number of benzene rings is 1. The number of thiophene rings is 1. The summed E-state index contributed by atoms with van der Waals surface area (Å²) in [6.07, 6.45) is 0.629. The Labute approximate surface area is 182 Å². The second-order valence-electron chi connectivity index (χ2n) is 7.30. The van der Waals surface area contributed by atoms with E-state index in [2.05, 4.69) is 10.3 Å². The number of aromatic amines is 1. The number of H-pyrrole nitrogens is 1. The number of aldehydes is 1. The van der Waals surface area contributed by atoms with Crippen LogP contribution in [0.15, 0.2) is 36.4 Å². The lowest BCUT2D eigenvalue weighted by molar-refractivity contribution is -0.128. The number of aromatic nitrogens is 1. The third kappa shape index (κ3) is 4.30. The van der Waals surface area contributed by atoms with Crippen LogP contribution in [0.4, 0.5) is 0 Å². The average Bonchev–Trinajstić information content (AvgIpc) is 3.32. The summed E-state index contributed by atoms with van der Waals surface area (Å²) in [5.41, 5.74) is 2.30. The van der Waals surface area contributed by atoms with Crippen molar-refractivity contribution in [1.82, 2.24) is 10.3 Å². The van der Waals surface area contributed by atoms with Crippen molar-refractivity contribution in [2.45, 2.75) is 18.4 Å². The monoisotopic (exact) mass is 466 g/mol. The van der Waals surface area contributed by atoms with Crippen molar-refractivity contribution in [3.05, 3.63) is 57.6 Å². The minimum absolute atomic E-state index is 0.0964. The molecule has 4 N–H and O–H groups in total. The van der Waals surface area contributed by atoms with Crippen LogP contribution in [-0.2, 0) is 16.0 Å². The topological polar surface area (TPSA) is 119 Å². The Kier molecular flexibility index (Phi) is 5.73. The van der Waals surface area contributed by atoms with E-state index >= 15 is 0 Å². The van der Waals surface area contributed by atoms with E-state index in [0.717, 1.165) is 21.3 Å². The van der Waals surface area contributed by atoms with E-state index in [1.54, 1.807) is 12.1 Å². The third-order valence-electron chi connectivity index (χ3n) is 5.17. The Hall–Kier alpha value is -2.17. The van der Waals surface area contributed by atoms with Crippen molar-refractivity contribution in [2.75, 3.05) is 11.5 Å². The van der Waals surface area contributed by atoms with Gasteiger partial charge in [0, 0.05) is 23.1 Å². The molecule has 3 aromatic rings. The van der Waals surface area contributed by atoms with Gasteiger partial charge in [-0.25, -0.2) is 0 Å². The molecule has 158 valence electrons. The van der Waals surface area contributed by atoms with Crippen LogP contribution in [0.2, 0.25) is 4.34 Å². The number of carbonyl (C=O) groups excluding carboxylic acids is 3. The predicted octanol–water partition coefficient (Wildman–Crippen LogP) is 3.84. The van der Waals surface area contributed by atoms with Crippen LogP contribution in [0.1, 0.15) is 27.5 Å². The van der Waals surface area contributed by atoms with Crippen molar-refractivity contribution in [1.29, 1.82) is 0 Å². The highest BCUT2D eigenvalue weighted by Crippen LogP contribution is 2.47. The molecule has 0 saturated carbocycles. The van der Waals surface area contributed by atoms with Gasteiger partial charge in [0.2, 0.25) is 5.78 Å². The van der Waals surface area contributed by atoms with E-state index in [1.165, 1.54) is 11.3 Å². The summed E-state index contributed by atoms with van der Waals surface area (Å²) in [7, 11) is -3.32. The maximum Gasteiger partial charge on any atom is 0.268 e. The van der Waals surface area contributed by atoms with E-state index in [-0.39, 0.29) is 29.9 Å². The highest BCUT2D eigenvalue weighted by atomic mass is 35.5. The van der Waals surface area contributed by atoms with E-state index in [0.29, 0.717) is 16.5 Å². The standard InChI is InChI=1S/C20H19ClN2O5S2/c21-18-7-12-6-17(23-20(12)29-18)19(26)22-16-5-11-3-1-2-4-14(11)15(16)10-30(27,28)9-13(25)8-24/h1-4,6-8,15-16,23,27-28H,5,9-10H2,(H,22,26)/t15-,16-/m1/s1. The molecule has 2 aromatic heterocycles. The highest BCUT2D eigenvalue weighted by Gasteiger charge is 2.37. The first-order valence-electron chi connectivity index (χ1n) is 9.14. The molecular weight excluding hydrogens is 448 g/mol. The lowest BCUT2D eigenvalue weighted by Gasteiger charge is -2.35. The first-order chi connectivity index (χ1) is 14.3. The number of hydrogen-bond donors (Lipinski definition) is 4. The normalized spacial score (nSPS) is 18.9. The number of halogens is 1. The Morgan fingerprint density at radius 2 is 2.07 bits per heavy atom. The van der Waals surface area contributed by atoms with E-state index in [9.17, 15) is 23.5 Å². The highest BCUT2D eigenvalue weighted by molar-refractivity contribution is 8.24. The summed E-state index contributed by atoms with van der Waals surface area (Å²) in [6, 6.07) is 10.7. The molecule has 2 heterocycles. The molecule has 0 spiro atoms. The third-order valence-corrected chi connectivity index (χ3v) is 8.01. The van der Waals surface area contributed by atoms with Crippen LogP contribution in [0, 0.1) is 0 Å². The van der Waals surface area contributed by atoms with Crippen LogP contribution < -0.4 is 5.32 Å². The number of carbonyl (C=O) groups is 3. The summed E-state index contributed by atoms with van der Waals surface area (Å²) < 4.78 is 21.4. The SMILES string of the molecule is O=CC(=O)CS(O)(O)C[C@@H]1c2ccccc2C[C@H]1NC(=O)c1cc2cc(Cl)sc2[nH]1. The summed E-state index contributed by atoms with van der Waals surface area (Å²) >= 11 is 7.33. The Morgan fingerprint density at radius 3 is 2.80 bits per heavy atom. The smallest absolute Gasteiger partial charge is 0.268 e. The minimum atomic E-state index is -3.32. The summed E-state index contributed by atoms with van der Waals surface area (Å²) in [5.74, 6) is -2.27. The number of ketones is 1. The van der Waals surface area contributed by atoms with Crippen LogP contribution in [0.25, 0.3) is 10.2 Å². The van der Waals surface area contributed by atoms with Crippen molar-refractivity contribution in [3.8, 4) is 0 Å². The fraction of sp³-hybridized carbons (Fsp3) is 0.250. The first-order valence-corrected chi connectivity index (χ1v) is 12.2. The van der Waals surface area contributed by atoms with Gasteiger partial charge in [-0.2, -0.15) is 10.6 Å². The van der Waals surface area contributed by atoms with Gasteiger partial charge in [0.1, 0.15) is 16.3 Å². The molecule has 30 heavy (non-hydrogen) atoms. The first kappa shape index (κ1) is 21.1. The quantitative estimate of drug-likeness (QED) is 0.311. The number of hydrogen-bond acceptors (Lipinski definition) is 6. The van der Waals surface area contributed by atoms with Gasteiger partial charge in [0.05, 0.1) is 4.34 Å². The molecule has 1 amide bonds. The lowest BCUT2D eigenvalue weighted by atomic mass is 10.0. The molecule has 2 atom stereocenters. The van der Waals surface area contributed by atoms with E-state index < -0.39 is 22.1 Å². The minimum Gasteiger partial charge on any atom is -0.347 e. The second-order valence-corrected chi connectivity index (χ2v) is 11.2. The summed E-state index contributed by atoms with van der Waals surface area (Å²) in [4.78, 5) is 38.8. The van der Waals surface area contributed by atoms with Gasteiger partial charge in [-0.1, -0.05) is 35.9 Å². The zero-order valence-electron chi connectivity index (χ0n) is 15.6. The van der Waals surface area contributed by atoms with Gasteiger partial charge in [-0.05, 0) is 29.7 Å². The largest absolute Gasteiger partial charge is 0.347 e. The van der Waals surface area contributed by atoms with Gasteiger partial charge in [0.15, 0.2) is 6.29 Å². The number of Topliss-reactive ketones (excluding diaryl/α,β-unsaturated/α-hetero) is 1. The van der Waals surface area contributed by atoms with Gasteiger partial charge < -0.3 is 10.3 Å². The van der Waals surface area contributed by atoms with Gasteiger partial charge in [0.25, 0.3) is 5.91 Å². The van der Waals surface area contributed by atoms with Gasteiger partial charge >= 0.3 is 0 Å². The van der Waals surface area contributed by atoms with Crippen molar-refractivity contribution in [2.24, 2.45) is 0 Å². The van der Waals surface area contributed by atoms with Crippen molar-refractivity contribution < 1.29 is 23.5 Å². The average molecular weight is 467 g/mol. The van der Waals surface area contributed by atoms with Crippen LogP contribution in [0.5, 0.6) is 0 Å². The molecule has 0 fully saturated rings. The zero-order chi connectivity index (χ0) is 21.5. The summed E-state index contributed by atoms with van der Waals surface area (Å²) in [6.45, 7) is 0. The Bertz CT molecular complexity index is 1110. The molecule has 0 unspecified atom stereocenters. The maximum atomic E-state index is 12.9. The fourth-order valence-electron chi connectivity index (χ4n) is 3.90. The molecule has 0 saturated heterocycles. The van der Waals surface area contributed by atoms with Crippen LogP contribution in [0.3, 0.4) is 0 Å². The molecule has 0 bridgehead atoms. The fourth-order valence-corrected chi connectivity index (χ4v) is 6.66. The lowest BCUT2D eigenvalue weighted by Crippen LogP contribution is -2.40. The second kappa shape index (κ2) is 8.16. The van der Waals surface area contributed by atoms with Gasteiger partial charge in [-0.3, -0.25) is 23.5 Å². The predicted molar refractivity (Wildman–Crippen MR) is 119 cm³/mol. The van der Waals surface area contributed by atoms with Crippen molar-refractivity contribution in [3.63, 3.8) is 0 Å². The molecule has 1 aromatic carbocycles. The molecule has 7 nitrogen and oxygen atoms in total. The number of fused-ring (bicyclic) bond motifs is 2. The number of nitrogens with one attached hydrogen (secondary N) is 2. The zero-order valence-corrected chi connectivity index (χ0v) is 18.0. The molecule has 10 heteroatoms. The van der Waals surface area contributed by atoms with E-state index in [4.69, 9.17) is 11.6 Å². The molecular formula is C20H19ClN2O5S2. The summed E-state index contributed by atoms with van der Waals surface area (Å²) in [5, 5.41) is 3.84. The molecule has 4 rings (SSSR count). The van der Waals surface area contributed by atoms with Crippen LogP contribution >= 0.6 is 33.5 Å². The van der Waals surface area contributed by atoms with E-state index in [1.807, 2.05) is 24.3 Å².